The number of aromatic nitrogens is 5. The second-order valence-electron chi connectivity index (χ2n) is 9.27. The molecule has 11 heteroatoms. The molecule has 1 aliphatic carbocycles. The second kappa shape index (κ2) is 8.85. The number of rotatable bonds is 7. The summed E-state index contributed by atoms with van der Waals surface area (Å²) < 4.78 is 42.8. The molecule has 1 fully saturated rings. The first-order valence-corrected chi connectivity index (χ1v) is 14.1. The van der Waals surface area contributed by atoms with Crippen molar-refractivity contribution < 1.29 is 12.8 Å². The molecule has 2 unspecified atom stereocenters. The molecule has 0 radical (unpaired) electrons. The highest BCUT2D eigenvalue weighted by atomic mass is 32.2. The van der Waals surface area contributed by atoms with Crippen molar-refractivity contribution in [2.75, 3.05) is 5.75 Å². The number of hydrogen-bond donors (Lipinski definition) is 1. The van der Waals surface area contributed by atoms with Gasteiger partial charge in [0.15, 0.2) is 9.84 Å². The molecule has 4 heterocycles. The quantitative estimate of drug-likeness (QED) is 0.354. The lowest BCUT2D eigenvalue weighted by molar-refractivity contribution is 0.322. The molecule has 0 amide bonds. The number of aromatic amines is 1. The van der Waals surface area contributed by atoms with Gasteiger partial charge in [0.25, 0.3) is 5.56 Å². The van der Waals surface area contributed by atoms with Crippen LogP contribution in [0.25, 0.3) is 34.2 Å². The maximum atomic E-state index is 14.7. The fourth-order valence-corrected chi connectivity index (χ4v) is 5.45. The summed E-state index contributed by atoms with van der Waals surface area (Å²) in [7, 11) is -1.52. The minimum Gasteiger partial charge on any atom is -0.346 e. The summed E-state index contributed by atoms with van der Waals surface area (Å²) in [5.41, 5.74) is 3.13. The van der Waals surface area contributed by atoms with Crippen molar-refractivity contribution in [1.29, 1.82) is 0 Å². The molecule has 0 saturated heterocycles. The number of nitrogens with zero attached hydrogens (tertiary/aromatic N) is 4. The summed E-state index contributed by atoms with van der Waals surface area (Å²) in [5, 5.41) is -1.64. The first-order valence-electron chi connectivity index (χ1n) is 11.8. The van der Waals surface area contributed by atoms with Crippen molar-refractivity contribution in [3.05, 3.63) is 58.3 Å². The van der Waals surface area contributed by atoms with Crippen LogP contribution in [-0.4, -0.2) is 38.7 Å². The summed E-state index contributed by atoms with van der Waals surface area (Å²) >= 11 is 0. The van der Waals surface area contributed by atoms with Crippen molar-refractivity contribution in [3.63, 3.8) is 0 Å². The van der Waals surface area contributed by atoms with Gasteiger partial charge in [-0.25, -0.2) is 22.8 Å². The summed E-state index contributed by atoms with van der Waals surface area (Å²) in [4.78, 5) is 28.7. The van der Waals surface area contributed by atoms with E-state index in [9.17, 15) is 17.6 Å². The molecule has 0 bridgehead atoms. The highest BCUT2D eigenvalue weighted by Crippen LogP contribution is 2.39. The average Bonchev–Trinajstić information content (AvgIpc) is 3.59. The Bertz CT molecular complexity index is 1600. The number of H-pyrrole nitrogens is 1. The molecule has 2 aliphatic heterocycles. The number of sulfone groups is 1. The SMILES string of the molecule is CCn1cc(C(C)(F)P)cc2nc(-c3ncc(-c4ncc(C5CC5)c(=O)[nH]4)cc3S(=O)(=O)CC)cc1-2. The Hall–Kier alpha value is -2.97. The van der Waals surface area contributed by atoms with Crippen LogP contribution >= 0.6 is 9.24 Å². The Morgan fingerprint density at radius 3 is 2.53 bits per heavy atom. The Labute approximate surface area is 210 Å². The molecule has 2 aromatic rings. The third-order valence-corrected chi connectivity index (χ3v) is 8.58. The number of aryl methyl sites for hydroxylation is 1. The summed E-state index contributed by atoms with van der Waals surface area (Å²) in [6.45, 7) is 5.53. The third kappa shape index (κ3) is 4.48. The molecule has 8 nitrogen and oxygen atoms in total. The number of nitrogens with one attached hydrogen (secondary N) is 1. The van der Waals surface area contributed by atoms with Crippen LogP contribution in [0.15, 0.2) is 46.5 Å². The highest BCUT2D eigenvalue weighted by Gasteiger charge is 2.28. The van der Waals surface area contributed by atoms with Crippen molar-refractivity contribution in [3.8, 4) is 34.2 Å². The monoisotopic (exact) mass is 527 g/mol. The molecule has 0 spiro atoms. The number of hydrogen-bond acceptors (Lipinski definition) is 6. The normalized spacial score (nSPS) is 15.8. The van der Waals surface area contributed by atoms with Crippen LogP contribution in [0, 0.1) is 0 Å². The van der Waals surface area contributed by atoms with Gasteiger partial charge in [0.1, 0.15) is 16.9 Å². The molecule has 2 atom stereocenters. The van der Waals surface area contributed by atoms with Crippen LogP contribution in [0.3, 0.4) is 0 Å². The van der Waals surface area contributed by atoms with Crippen LogP contribution in [0.4, 0.5) is 4.39 Å². The van der Waals surface area contributed by atoms with E-state index in [1.807, 2.05) is 11.5 Å². The first kappa shape index (κ1) is 24.7. The van der Waals surface area contributed by atoms with Crippen molar-refractivity contribution in [1.82, 2.24) is 24.5 Å². The van der Waals surface area contributed by atoms with E-state index < -0.39 is 15.2 Å². The third-order valence-electron chi connectivity index (χ3n) is 6.51. The molecule has 5 rings (SSSR count). The van der Waals surface area contributed by atoms with Gasteiger partial charge in [-0.3, -0.25) is 9.78 Å². The molecule has 36 heavy (non-hydrogen) atoms. The van der Waals surface area contributed by atoms with Gasteiger partial charge in [-0.05, 0) is 50.8 Å². The van der Waals surface area contributed by atoms with Crippen LogP contribution in [0.1, 0.15) is 50.7 Å². The van der Waals surface area contributed by atoms with Crippen LogP contribution in [-0.2, 0) is 21.8 Å². The minimum absolute atomic E-state index is 0.00359. The Balaban J connectivity index is 1.66. The Kier molecular flexibility index (Phi) is 6.08. The fraction of sp³-hybridized carbons (Fsp3) is 0.360. The molecule has 188 valence electrons. The maximum absolute atomic E-state index is 14.7. The lowest BCUT2D eigenvalue weighted by Crippen LogP contribution is -2.14. The zero-order chi connectivity index (χ0) is 25.8. The van der Waals surface area contributed by atoms with Gasteiger partial charge in [-0.1, -0.05) is 16.2 Å². The van der Waals surface area contributed by atoms with Crippen LogP contribution in [0.5, 0.6) is 0 Å². The first-order chi connectivity index (χ1) is 17.0. The standard InChI is InChI=1S/C25H27FN5O3PS/c1-4-31-13-16(25(3,26)35)9-18-20(31)10-19(29-18)22-21(36(33,34)5-2)8-15(11-27-22)23-28-12-17(14-6-7-14)24(32)30-23/h8-14H,4-7,35H2,1-3H3,(H,28,30,32). The van der Waals surface area contributed by atoms with Gasteiger partial charge in [0, 0.05) is 41.8 Å². The number of pyridine rings is 2. The largest absolute Gasteiger partial charge is 0.346 e. The second-order valence-corrected chi connectivity index (χ2v) is 12.6. The van der Waals surface area contributed by atoms with Gasteiger partial charge >= 0.3 is 0 Å². The molecular formula is C25H27FN5O3PS. The van der Waals surface area contributed by atoms with Crippen molar-refractivity contribution in [2.24, 2.45) is 0 Å². The maximum Gasteiger partial charge on any atom is 0.254 e. The number of halogens is 1. The highest BCUT2D eigenvalue weighted by molar-refractivity contribution is 7.91. The summed E-state index contributed by atoms with van der Waals surface area (Å²) in [5.74, 6) is 0.368. The lowest BCUT2D eigenvalue weighted by Gasteiger charge is -2.19. The number of alkyl halides is 1. The van der Waals surface area contributed by atoms with Crippen LogP contribution in [0.2, 0.25) is 0 Å². The van der Waals surface area contributed by atoms with Crippen molar-refractivity contribution >= 4 is 19.1 Å². The van der Waals surface area contributed by atoms with E-state index in [0.717, 1.165) is 18.5 Å². The summed E-state index contributed by atoms with van der Waals surface area (Å²) in [6.07, 6.45) is 6.72. The predicted molar refractivity (Wildman–Crippen MR) is 139 cm³/mol. The Morgan fingerprint density at radius 2 is 1.92 bits per heavy atom. The van der Waals surface area contributed by atoms with E-state index in [2.05, 4.69) is 29.2 Å². The fourth-order valence-electron chi connectivity index (χ4n) is 4.23. The van der Waals surface area contributed by atoms with Crippen LogP contribution < -0.4 is 5.56 Å². The molecule has 0 aromatic carbocycles. The lowest BCUT2D eigenvalue weighted by atomic mass is 10.1. The van der Waals surface area contributed by atoms with E-state index >= 15 is 0 Å². The van der Waals surface area contributed by atoms with E-state index in [0.29, 0.717) is 34.6 Å². The average molecular weight is 528 g/mol. The smallest absolute Gasteiger partial charge is 0.254 e. The molecule has 1 N–H and O–H groups in total. The molecular weight excluding hydrogens is 500 g/mol. The van der Waals surface area contributed by atoms with Crippen molar-refractivity contribution in [2.45, 2.75) is 56.4 Å². The van der Waals surface area contributed by atoms with Gasteiger partial charge < -0.3 is 9.55 Å². The zero-order valence-electron chi connectivity index (χ0n) is 20.2. The topological polar surface area (TPSA) is 111 Å². The van der Waals surface area contributed by atoms with Gasteiger partial charge in [0.2, 0.25) is 0 Å². The number of fused-ring (bicyclic) bond motifs is 1. The van der Waals surface area contributed by atoms with E-state index in [-0.39, 0.29) is 33.6 Å². The van der Waals surface area contributed by atoms with Gasteiger partial charge in [-0.2, -0.15) is 0 Å². The predicted octanol–water partition coefficient (Wildman–Crippen LogP) is 4.51. The molecule has 1 saturated carbocycles. The van der Waals surface area contributed by atoms with Gasteiger partial charge in [0.05, 0.1) is 27.7 Å². The minimum atomic E-state index is -3.71. The van der Waals surface area contributed by atoms with Gasteiger partial charge in [-0.15, -0.1) is 0 Å². The molecule has 3 aliphatic rings. The molecule has 2 aromatic heterocycles. The van der Waals surface area contributed by atoms with E-state index in [1.165, 1.54) is 19.2 Å². The van der Waals surface area contributed by atoms with E-state index in [4.69, 9.17) is 0 Å². The van der Waals surface area contributed by atoms with E-state index in [1.54, 1.807) is 31.5 Å². The summed E-state index contributed by atoms with van der Waals surface area (Å²) in [6, 6.07) is 4.91. The zero-order valence-corrected chi connectivity index (χ0v) is 22.2. The Morgan fingerprint density at radius 1 is 1.17 bits per heavy atom.